The molecule has 1 unspecified atom stereocenters. The van der Waals surface area contributed by atoms with Gasteiger partial charge in [-0.05, 0) is 26.8 Å². The summed E-state index contributed by atoms with van der Waals surface area (Å²) in [4.78, 5) is 17.4. The van der Waals surface area contributed by atoms with E-state index in [4.69, 9.17) is 0 Å². The lowest BCUT2D eigenvalue weighted by Crippen LogP contribution is -2.41. The van der Waals surface area contributed by atoms with E-state index in [1.54, 1.807) is 32.0 Å². The van der Waals surface area contributed by atoms with E-state index in [-0.39, 0.29) is 17.8 Å². The van der Waals surface area contributed by atoms with E-state index < -0.39 is 5.41 Å². The molecule has 1 N–H and O–H groups in total. The molecule has 0 aliphatic carbocycles. The van der Waals surface area contributed by atoms with Crippen LogP contribution in [0.5, 0.6) is 0 Å². The topological polar surface area (TPSA) is 42.0 Å². The summed E-state index contributed by atoms with van der Waals surface area (Å²) >= 11 is 1.50. The second-order valence-electron chi connectivity index (χ2n) is 6.74. The first-order valence-corrected chi connectivity index (χ1v) is 9.34. The standard InChI is InChI=1S/C21H21FN2OS/c1-14(19-24-18(13-26-19)15-9-5-4-6-10-15)23-20(25)21(2,3)16-11-7-8-12-17(16)22/h4-14H,1-3H3,(H,23,25). The van der Waals surface area contributed by atoms with E-state index in [0.29, 0.717) is 5.56 Å². The maximum absolute atomic E-state index is 14.1. The number of hydrogen-bond donors (Lipinski definition) is 1. The Balaban J connectivity index is 1.76. The average Bonchev–Trinajstić information content (AvgIpc) is 3.13. The lowest BCUT2D eigenvalue weighted by molar-refractivity contribution is -0.126. The highest BCUT2D eigenvalue weighted by Crippen LogP contribution is 2.29. The molecule has 0 saturated carbocycles. The van der Waals surface area contributed by atoms with Crippen LogP contribution in [0.15, 0.2) is 60.0 Å². The van der Waals surface area contributed by atoms with E-state index >= 15 is 0 Å². The van der Waals surface area contributed by atoms with E-state index in [2.05, 4.69) is 10.3 Å². The van der Waals surface area contributed by atoms with Crippen LogP contribution in [-0.4, -0.2) is 10.9 Å². The van der Waals surface area contributed by atoms with Crippen LogP contribution >= 0.6 is 11.3 Å². The zero-order valence-corrected chi connectivity index (χ0v) is 15.8. The number of nitrogens with zero attached hydrogens (tertiary/aromatic N) is 1. The minimum Gasteiger partial charge on any atom is -0.346 e. The Morgan fingerprint density at radius 3 is 2.46 bits per heavy atom. The highest BCUT2D eigenvalue weighted by atomic mass is 32.1. The second-order valence-corrected chi connectivity index (χ2v) is 7.63. The van der Waals surface area contributed by atoms with Gasteiger partial charge in [-0.1, -0.05) is 48.5 Å². The van der Waals surface area contributed by atoms with Crippen molar-refractivity contribution in [2.24, 2.45) is 0 Å². The Morgan fingerprint density at radius 1 is 1.12 bits per heavy atom. The summed E-state index contributed by atoms with van der Waals surface area (Å²) in [5.41, 5.74) is 1.34. The number of rotatable bonds is 5. The van der Waals surface area contributed by atoms with Gasteiger partial charge in [-0.25, -0.2) is 9.37 Å². The lowest BCUT2D eigenvalue weighted by atomic mass is 9.83. The fraction of sp³-hybridized carbons (Fsp3) is 0.238. The van der Waals surface area contributed by atoms with Gasteiger partial charge in [0.15, 0.2) is 0 Å². The van der Waals surface area contributed by atoms with Gasteiger partial charge in [0.05, 0.1) is 17.2 Å². The molecule has 26 heavy (non-hydrogen) atoms. The van der Waals surface area contributed by atoms with Crippen LogP contribution in [0.25, 0.3) is 11.3 Å². The first-order chi connectivity index (χ1) is 12.4. The van der Waals surface area contributed by atoms with Crippen molar-refractivity contribution in [2.75, 3.05) is 0 Å². The maximum atomic E-state index is 14.1. The van der Waals surface area contributed by atoms with Gasteiger partial charge in [-0.3, -0.25) is 4.79 Å². The maximum Gasteiger partial charge on any atom is 0.230 e. The minimum atomic E-state index is -0.973. The van der Waals surface area contributed by atoms with E-state index in [0.717, 1.165) is 16.3 Å². The van der Waals surface area contributed by atoms with Crippen molar-refractivity contribution in [3.63, 3.8) is 0 Å². The molecular formula is C21H21FN2OS. The zero-order valence-electron chi connectivity index (χ0n) is 15.0. The first kappa shape index (κ1) is 18.3. The van der Waals surface area contributed by atoms with Crippen LogP contribution in [0, 0.1) is 5.82 Å². The van der Waals surface area contributed by atoms with Crippen molar-refractivity contribution in [1.29, 1.82) is 0 Å². The largest absolute Gasteiger partial charge is 0.346 e. The summed E-state index contributed by atoms with van der Waals surface area (Å²) in [5, 5.41) is 5.77. The number of halogens is 1. The van der Waals surface area contributed by atoms with Crippen molar-refractivity contribution in [1.82, 2.24) is 10.3 Å². The highest BCUT2D eigenvalue weighted by Gasteiger charge is 2.33. The van der Waals surface area contributed by atoms with Gasteiger partial charge in [0.1, 0.15) is 10.8 Å². The molecule has 1 heterocycles. The molecule has 1 amide bonds. The summed E-state index contributed by atoms with van der Waals surface area (Å²) < 4.78 is 14.1. The molecule has 1 aromatic heterocycles. The van der Waals surface area contributed by atoms with Crippen LogP contribution in [-0.2, 0) is 10.2 Å². The average molecular weight is 368 g/mol. The number of benzene rings is 2. The van der Waals surface area contributed by atoms with Gasteiger partial charge in [-0.15, -0.1) is 11.3 Å². The number of aromatic nitrogens is 1. The molecular weight excluding hydrogens is 347 g/mol. The zero-order chi connectivity index (χ0) is 18.7. The van der Waals surface area contributed by atoms with Gasteiger partial charge in [0, 0.05) is 16.5 Å². The molecule has 1 atom stereocenters. The lowest BCUT2D eigenvalue weighted by Gasteiger charge is -2.26. The predicted molar refractivity (Wildman–Crippen MR) is 104 cm³/mol. The van der Waals surface area contributed by atoms with Gasteiger partial charge >= 0.3 is 0 Å². The number of thiazole rings is 1. The third-order valence-electron chi connectivity index (χ3n) is 4.42. The van der Waals surface area contributed by atoms with Crippen molar-refractivity contribution in [3.05, 3.63) is 76.4 Å². The number of carbonyl (C=O) groups is 1. The van der Waals surface area contributed by atoms with Crippen molar-refractivity contribution < 1.29 is 9.18 Å². The molecule has 134 valence electrons. The molecule has 3 aromatic rings. The summed E-state index contributed by atoms with van der Waals surface area (Å²) in [6.07, 6.45) is 0. The van der Waals surface area contributed by atoms with Gasteiger partial charge in [-0.2, -0.15) is 0 Å². The monoisotopic (exact) mass is 368 g/mol. The Bertz CT molecular complexity index is 905. The van der Waals surface area contributed by atoms with Crippen LogP contribution in [0.4, 0.5) is 4.39 Å². The minimum absolute atomic E-state index is 0.230. The molecule has 2 aromatic carbocycles. The van der Waals surface area contributed by atoms with Crippen molar-refractivity contribution in [2.45, 2.75) is 32.2 Å². The smallest absolute Gasteiger partial charge is 0.230 e. The molecule has 0 radical (unpaired) electrons. The number of amides is 1. The summed E-state index contributed by atoms with van der Waals surface area (Å²) in [6.45, 7) is 5.35. The van der Waals surface area contributed by atoms with E-state index in [9.17, 15) is 9.18 Å². The van der Waals surface area contributed by atoms with Gasteiger partial charge in [0.2, 0.25) is 5.91 Å². The van der Waals surface area contributed by atoms with Crippen LogP contribution in [0.3, 0.4) is 0 Å². The predicted octanol–water partition coefficient (Wildman–Crippen LogP) is 5.10. The Morgan fingerprint density at radius 2 is 1.77 bits per heavy atom. The third-order valence-corrected chi connectivity index (χ3v) is 5.45. The van der Waals surface area contributed by atoms with Crippen molar-refractivity contribution in [3.8, 4) is 11.3 Å². The molecule has 3 rings (SSSR count). The molecule has 0 aliphatic rings. The molecule has 0 saturated heterocycles. The Labute approximate surface area is 156 Å². The molecule has 5 heteroatoms. The molecule has 0 fully saturated rings. The Hall–Kier alpha value is -2.53. The SMILES string of the molecule is CC(NC(=O)C(C)(C)c1ccccc1F)c1nc(-c2ccccc2)cs1. The molecule has 0 bridgehead atoms. The second kappa shape index (κ2) is 7.38. The molecule has 0 spiro atoms. The quantitative estimate of drug-likeness (QED) is 0.680. The number of hydrogen-bond acceptors (Lipinski definition) is 3. The van der Waals surface area contributed by atoms with Gasteiger partial charge < -0.3 is 5.32 Å². The van der Waals surface area contributed by atoms with Crippen molar-refractivity contribution >= 4 is 17.2 Å². The highest BCUT2D eigenvalue weighted by molar-refractivity contribution is 7.10. The fourth-order valence-electron chi connectivity index (χ4n) is 2.76. The van der Waals surface area contributed by atoms with E-state index in [1.807, 2.05) is 42.6 Å². The number of carbonyl (C=O) groups excluding carboxylic acids is 1. The van der Waals surface area contributed by atoms with Gasteiger partial charge in [0.25, 0.3) is 0 Å². The van der Waals surface area contributed by atoms with Crippen LogP contribution < -0.4 is 5.32 Å². The van der Waals surface area contributed by atoms with Crippen LogP contribution in [0.2, 0.25) is 0 Å². The summed E-state index contributed by atoms with van der Waals surface area (Å²) in [6, 6.07) is 16.0. The summed E-state index contributed by atoms with van der Waals surface area (Å²) in [7, 11) is 0. The number of nitrogens with one attached hydrogen (secondary N) is 1. The third kappa shape index (κ3) is 3.68. The summed E-state index contributed by atoms with van der Waals surface area (Å²) in [5.74, 6) is -0.604. The van der Waals surface area contributed by atoms with Crippen LogP contribution in [0.1, 0.15) is 37.4 Å². The molecule has 0 aliphatic heterocycles. The van der Waals surface area contributed by atoms with E-state index in [1.165, 1.54) is 17.4 Å². The normalized spacial score (nSPS) is 12.6. The Kier molecular flexibility index (Phi) is 5.18. The molecule has 3 nitrogen and oxygen atoms in total. The fourth-order valence-corrected chi connectivity index (χ4v) is 3.59. The first-order valence-electron chi connectivity index (χ1n) is 8.46.